The molecule has 1 heterocycles. The van der Waals surface area contributed by atoms with Crippen molar-refractivity contribution < 1.29 is 9.21 Å². The lowest BCUT2D eigenvalue weighted by Crippen LogP contribution is -2.08. The first-order valence-corrected chi connectivity index (χ1v) is 7.58. The van der Waals surface area contributed by atoms with Crippen molar-refractivity contribution in [3.05, 3.63) is 71.0 Å². The van der Waals surface area contributed by atoms with Crippen molar-refractivity contribution in [3.8, 4) is 0 Å². The van der Waals surface area contributed by atoms with E-state index in [1.807, 2.05) is 63.2 Å². The zero-order valence-corrected chi connectivity index (χ0v) is 13.5. The summed E-state index contributed by atoms with van der Waals surface area (Å²) >= 11 is 0. The minimum absolute atomic E-state index is 0.173. The van der Waals surface area contributed by atoms with E-state index in [1.165, 1.54) is 11.6 Å². The molecule has 0 spiro atoms. The average Bonchev–Trinajstić information content (AvgIpc) is 2.90. The number of amides is 1. The third-order valence-corrected chi connectivity index (χ3v) is 3.73. The number of carbonyl (C=O) groups is 1. The van der Waals surface area contributed by atoms with E-state index >= 15 is 0 Å². The Morgan fingerprint density at radius 2 is 1.74 bits per heavy atom. The SMILES string of the molecule is Cc1ccc(NC(=O)/C=C/c2cc3ccc(C)cc3o2)c(C)c1. The highest BCUT2D eigenvalue weighted by Crippen LogP contribution is 2.21. The molecule has 1 N–H and O–H groups in total. The molecule has 0 aliphatic rings. The number of rotatable bonds is 3. The van der Waals surface area contributed by atoms with Crippen LogP contribution < -0.4 is 5.32 Å². The minimum atomic E-state index is -0.173. The fraction of sp³-hybridized carbons (Fsp3) is 0.150. The van der Waals surface area contributed by atoms with E-state index in [1.54, 1.807) is 6.08 Å². The van der Waals surface area contributed by atoms with Gasteiger partial charge in [0.1, 0.15) is 11.3 Å². The largest absolute Gasteiger partial charge is 0.457 e. The molecule has 0 bridgehead atoms. The predicted octanol–water partition coefficient (Wildman–Crippen LogP) is 5.01. The summed E-state index contributed by atoms with van der Waals surface area (Å²) in [6, 6.07) is 13.9. The van der Waals surface area contributed by atoms with E-state index in [0.717, 1.165) is 27.8 Å². The number of fused-ring (bicyclic) bond motifs is 1. The van der Waals surface area contributed by atoms with Gasteiger partial charge in [0.15, 0.2) is 0 Å². The molecule has 2 aromatic carbocycles. The fourth-order valence-electron chi connectivity index (χ4n) is 2.53. The van der Waals surface area contributed by atoms with Crippen molar-refractivity contribution in [2.45, 2.75) is 20.8 Å². The van der Waals surface area contributed by atoms with Gasteiger partial charge in [0.25, 0.3) is 0 Å². The lowest BCUT2D eigenvalue weighted by atomic mass is 10.1. The van der Waals surface area contributed by atoms with Crippen molar-refractivity contribution in [3.63, 3.8) is 0 Å². The Morgan fingerprint density at radius 3 is 2.52 bits per heavy atom. The van der Waals surface area contributed by atoms with Gasteiger partial charge < -0.3 is 9.73 Å². The molecule has 0 saturated heterocycles. The monoisotopic (exact) mass is 305 g/mol. The molecule has 116 valence electrons. The zero-order valence-electron chi connectivity index (χ0n) is 13.5. The van der Waals surface area contributed by atoms with Crippen LogP contribution in [0.15, 0.2) is 53.0 Å². The second kappa shape index (κ2) is 6.13. The zero-order chi connectivity index (χ0) is 16.4. The summed E-state index contributed by atoms with van der Waals surface area (Å²) in [5.41, 5.74) is 5.03. The summed E-state index contributed by atoms with van der Waals surface area (Å²) in [6.07, 6.45) is 3.18. The predicted molar refractivity (Wildman–Crippen MR) is 94.5 cm³/mol. The summed E-state index contributed by atoms with van der Waals surface area (Å²) < 4.78 is 5.72. The maximum atomic E-state index is 12.1. The summed E-state index contributed by atoms with van der Waals surface area (Å²) in [5, 5.41) is 3.92. The van der Waals surface area contributed by atoms with Crippen LogP contribution in [0.4, 0.5) is 5.69 Å². The summed E-state index contributed by atoms with van der Waals surface area (Å²) in [6.45, 7) is 6.03. The Morgan fingerprint density at radius 1 is 1.00 bits per heavy atom. The van der Waals surface area contributed by atoms with E-state index in [0.29, 0.717) is 5.76 Å². The maximum Gasteiger partial charge on any atom is 0.248 e. The molecule has 0 aliphatic heterocycles. The second-order valence-corrected chi connectivity index (χ2v) is 5.83. The molecular weight excluding hydrogens is 286 g/mol. The van der Waals surface area contributed by atoms with Gasteiger partial charge in [-0.1, -0.05) is 29.8 Å². The van der Waals surface area contributed by atoms with Crippen LogP contribution in [0, 0.1) is 20.8 Å². The van der Waals surface area contributed by atoms with E-state index in [9.17, 15) is 4.79 Å². The minimum Gasteiger partial charge on any atom is -0.457 e. The lowest BCUT2D eigenvalue weighted by Gasteiger charge is -2.06. The number of hydrogen-bond acceptors (Lipinski definition) is 2. The van der Waals surface area contributed by atoms with Crippen LogP contribution in [0.3, 0.4) is 0 Å². The Bertz CT molecular complexity index is 903. The van der Waals surface area contributed by atoms with Gasteiger partial charge in [-0.3, -0.25) is 4.79 Å². The number of carbonyl (C=O) groups excluding carboxylic acids is 1. The molecule has 3 aromatic rings. The first-order valence-electron chi connectivity index (χ1n) is 7.58. The molecule has 3 rings (SSSR count). The highest BCUT2D eigenvalue weighted by atomic mass is 16.3. The Hall–Kier alpha value is -2.81. The Kier molecular flexibility index (Phi) is 4.02. The fourth-order valence-corrected chi connectivity index (χ4v) is 2.53. The number of furan rings is 1. The quantitative estimate of drug-likeness (QED) is 0.691. The molecule has 0 saturated carbocycles. The van der Waals surface area contributed by atoms with E-state index < -0.39 is 0 Å². The van der Waals surface area contributed by atoms with Crippen molar-refractivity contribution in [1.82, 2.24) is 0 Å². The van der Waals surface area contributed by atoms with E-state index in [-0.39, 0.29) is 5.91 Å². The molecular formula is C20H19NO2. The molecule has 0 atom stereocenters. The number of anilines is 1. The Balaban J connectivity index is 1.74. The molecule has 0 fully saturated rings. The highest BCUT2D eigenvalue weighted by Gasteiger charge is 2.04. The number of aryl methyl sites for hydroxylation is 3. The summed E-state index contributed by atoms with van der Waals surface area (Å²) in [7, 11) is 0. The number of benzene rings is 2. The van der Waals surface area contributed by atoms with Crippen molar-refractivity contribution in [2.75, 3.05) is 5.32 Å². The van der Waals surface area contributed by atoms with Crippen molar-refractivity contribution >= 4 is 28.6 Å². The maximum absolute atomic E-state index is 12.1. The van der Waals surface area contributed by atoms with Gasteiger partial charge >= 0.3 is 0 Å². The number of hydrogen-bond donors (Lipinski definition) is 1. The first-order chi connectivity index (χ1) is 11.0. The molecule has 3 heteroatoms. The summed E-state index contributed by atoms with van der Waals surface area (Å²) in [5.74, 6) is 0.495. The van der Waals surface area contributed by atoms with Crippen LogP contribution in [0.25, 0.3) is 17.0 Å². The van der Waals surface area contributed by atoms with Gasteiger partial charge in [-0.2, -0.15) is 0 Å². The normalized spacial score (nSPS) is 11.3. The van der Waals surface area contributed by atoms with Crippen LogP contribution >= 0.6 is 0 Å². The molecule has 0 aliphatic carbocycles. The molecule has 0 radical (unpaired) electrons. The first kappa shape index (κ1) is 15.1. The van der Waals surface area contributed by atoms with Gasteiger partial charge in [0, 0.05) is 17.1 Å². The highest BCUT2D eigenvalue weighted by molar-refractivity contribution is 6.02. The Labute approximate surface area is 135 Å². The lowest BCUT2D eigenvalue weighted by molar-refractivity contribution is -0.111. The van der Waals surface area contributed by atoms with Gasteiger partial charge in [0.05, 0.1) is 0 Å². The van der Waals surface area contributed by atoms with Gasteiger partial charge in [0.2, 0.25) is 5.91 Å². The van der Waals surface area contributed by atoms with E-state index in [2.05, 4.69) is 5.32 Å². The van der Waals surface area contributed by atoms with Crippen LogP contribution in [0.5, 0.6) is 0 Å². The second-order valence-electron chi connectivity index (χ2n) is 5.83. The van der Waals surface area contributed by atoms with Crippen LogP contribution in [0.2, 0.25) is 0 Å². The van der Waals surface area contributed by atoms with Crippen LogP contribution in [0.1, 0.15) is 22.5 Å². The standard InChI is InChI=1S/C20H19NO2/c1-13-5-8-18(15(3)10-13)21-20(22)9-7-17-12-16-6-4-14(2)11-19(16)23-17/h4-12H,1-3H3,(H,21,22)/b9-7+. The van der Waals surface area contributed by atoms with Gasteiger partial charge in [-0.25, -0.2) is 0 Å². The topological polar surface area (TPSA) is 42.2 Å². The van der Waals surface area contributed by atoms with Crippen LogP contribution in [-0.4, -0.2) is 5.91 Å². The molecule has 23 heavy (non-hydrogen) atoms. The van der Waals surface area contributed by atoms with Crippen molar-refractivity contribution in [1.29, 1.82) is 0 Å². The van der Waals surface area contributed by atoms with E-state index in [4.69, 9.17) is 4.42 Å². The average molecular weight is 305 g/mol. The molecule has 3 nitrogen and oxygen atoms in total. The molecule has 0 unspecified atom stereocenters. The third kappa shape index (κ3) is 3.51. The van der Waals surface area contributed by atoms with Crippen LogP contribution in [-0.2, 0) is 4.79 Å². The molecule has 1 aromatic heterocycles. The third-order valence-electron chi connectivity index (χ3n) is 3.73. The van der Waals surface area contributed by atoms with Gasteiger partial charge in [-0.05, 0) is 56.2 Å². The van der Waals surface area contributed by atoms with Gasteiger partial charge in [-0.15, -0.1) is 0 Å². The molecule has 1 amide bonds. The smallest absolute Gasteiger partial charge is 0.248 e. The van der Waals surface area contributed by atoms with Crippen molar-refractivity contribution in [2.24, 2.45) is 0 Å². The summed E-state index contributed by atoms with van der Waals surface area (Å²) in [4.78, 5) is 12.1. The number of nitrogens with one attached hydrogen (secondary N) is 1.